The molecule has 4 nitrogen and oxygen atoms in total. The first-order valence-corrected chi connectivity index (χ1v) is 7.91. The fourth-order valence-corrected chi connectivity index (χ4v) is 2.68. The first-order valence-electron chi connectivity index (χ1n) is 7.91. The second kappa shape index (κ2) is 7.57. The summed E-state index contributed by atoms with van der Waals surface area (Å²) in [7, 11) is 0. The zero-order chi connectivity index (χ0) is 15.2. The van der Waals surface area contributed by atoms with Crippen molar-refractivity contribution in [2.75, 3.05) is 19.6 Å². The Morgan fingerprint density at radius 1 is 1.24 bits per heavy atom. The third kappa shape index (κ3) is 4.55. The van der Waals surface area contributed by atoms with Gasteiger partial charge < -0.3 is 16.4 Å². The highest BCUT2D eigenvalue weighted by Gasteiger charge is 2.21. The number of hydrogen-bond donors (Lipinski definition) is 3. The molecule has 1 atom stereocenters. The van der Waals surface area contributed by atoms with Gasteiger partial charge in [-0.3, -0.25) is 4.79 Å². The molecule has 0 saturated carbocycles. The number of nitrogens with two attached hydrogens (primary N) is 1. The number of benzene rings is 1. The number of amides is 1. The molecular formula is C17H27N3O. The SMILES string of the molecule is CC(C)c1ccc(C(N)CNC(=O)C2CCNCC2)cc1. The van der Waals surface area contributed by atoms with Crippen molar-refractivity contribution in [2.24, 2.45) is 11.7 Å². The van der Waals surface area contributed by atoms with Crippen LogP contribution in [0.25, 0.3) is 0 Å². The number of nitrogens with one attached hydrogen (secondary N) is 2. The highest BCUT2D eigenvalue weighted by atomic mass is 16.1. The molecule has 0 aliphatic carbocycles. The lowest BCUT2D eigenvalue weighted by Crippen LogP contribution is -2.40. The molecule has 1 amide bonds. The van der Waals surface area contributed by atoms with Crippen molar-refractivity contribution in [1.82, 2.24) is 10.6 Å². The van der Waals surface area contributed by atoms with Crippen LogP contribution < -0.4 is 16.4 Å². The van der Waals surface area contributed by atoms with Crippen molar-refractivity contribution in [3.05, 3.63) is 35.4 Å². The number of carbonyl (C=O) groups excluding carboxylic acids is 1. The lowest BCUT2D eigenvalue weighted by atomic mass is 9.96. The smallest absolute Gasteiger partial charge is 0.223 e. The van der Waals surface area contributed by atoms with E-state index in [1.807, 2.05) is 0 Å². The van der Waals surface area contributed by atoms with E-state index in [0.29, 0.717) is 12.5 Å². The molecule has 2 rings (SSSR count). The fourth-order valence-electron chi connectivity index (χ4n) is 2.68. The monoisotopic (exact) mass is 289 g/mol. The van der Waals surface area contributed by atoms with Crippen LogP contribution in [-0.2, 0) is 4.79 Å². The standard InChI is InChI=1S/C17H27N3O/c1-12(2)13-3-5-14(6-4-13)16(18)11-20-17(21)15-7-9-19-10-8-15/h3-6,12,15-16,19H,7-11,18H2,1-2H3,(H,20,21). The Morgan fingerprint density at radius 2 is 1.81 bits per heavy atom. The Morgan fingerprint density at radius 3 is 2.38 bits per heavy atom. The Kier molecular flexibility index (Phi) is 5.76. The van der Waals surface area contributed by atoms with Crippen molar-refractivity contribution in [3.63, 3.8) is 0 Å². The van der Waals surface area contributed by atoms with Gasteiger partial charge in [0.15, 0.2) is 0 Å². The fraction of sp³-hybridized carbons (Fsp3) is 0.588. The van der Waals surface area contributed by atoms with Gasteiger partial charge in [-0.05, 0) is 43.0 Å². The summed E-state index contributed by atoms with van der Waals surface area (Å²) in [6.45, 7) is 6.72. The van der Waals surface area contributed by atoms with Gasteiger partial charge in [0.05, 0.1) is 0 Å². The summed E-state index contributed by atoms with van der Waals surface area (Å²) in [5.74, 6) is 0.808. The first-order chi connectivity index (χ1) is 10.1. The summed E-state index contributed by atoms with van der Waals surface area (Å²) in [6, 6.07) is 8.23. The molecule has 1 unspecified atom stereocenters. The Bertz CT molecular complexity index is 450. The Labute approximate surface area is 127 Å². The molecule has 0 spiro atoms. The Hall–Kier alpha value is -1.39. The molecule has 0 aromatic heterocycles. The third-order valence-corrected chi connectivity index (χ3v) is 4.24. The second-order valence-electron chi connectivity index (χ2n) is 6.20. The summed E-state index contributed by atoms with van der Waals surface area (Å²) in [5, 5.41) is 6.27. The zero-order valence-electron chi connectivity index (χ0n) is 13.1. The summed E-state index contributed by atoms with van der Waals surface area (Å²) in [5.41, 5.74) is 8.56. The average molecular weight is 289 g/mol. The topological polar surface area (TPSA) is 67.1 Å². The van der Waals surface area contributed by atoms with Crippen LogP contribution in [-0.4, -0.2) is 25.5 Å². The van der Waals surface area contributed by atoms with Gasteiger partial charge in [0, 0.05) is 18.5 Å². The van der Waals surface area contributed by atoms with Crippen LogP contribution in [0.15, 0.2) is 24.3 Å². The van der Waals surface area contributed by atoms with Crippen molar-refractivity contribution >= 4 is 5.91 Å². The van der Waals surface area contributed by atoms with Crippen LogP contribution in [0.4, 0.5) is 0 Å². The largest absolute Gasteiger partial charge is 0.354 e. The molecule has 1 aliphatic rings. The lowest BCUT2D eigenvalue weighted by Gasteiger charge is -2.23. The quantitative estimate of drug-likeness (QED) is 0.776. The van der Waals surface area contributed by atoms with Crippen molar-refractivity contribution in [1.29, 1.82) is 0 Å². The summed E-state index contributed by atoms with van der Waals surface area (Å²) in [4.78, 5) is 12.1. The number of hydrogen-bond acceptors (Lipinski definition) is 3. The third-order valence-electron chi connectivity index (χ3n) is 4.24. The minimum absolute atomic E-state index is 0.141. The average Bonchev–Trinajstić information content (AvgIpc) is 2.53. The van der Waals surface area contributed by atoms with Gasteiger partial charge in [-0.25, -0.2) is 0 Å². The summed E-state index contributed by atoms with van der Waals surface area (Å²) in [6.07, 6.45) is 1.84. The lowest BCUT2D eigenvalue weighted by molar-refractivity contribution is -0.125. The van der Waals surface area contributed by atoms with E-state index in [-0.39, 0.29) is 17.9 Å². The normalized spacial score (nSPS) is 17.7. The maximum absolute atomic E-state index is 12.1. The van der Waals surface area contributed by atoms with Crippen molar-refractivity contribution in [2.45, 2.75) is 38.6 Å². The van der Waals surface area contributed by atoms with E-state index >= 15 is 0 Å². The molecule has 1 saturated heterocycles. The molecule has 1 aromatic rings. The zero-order valence-corrected chi connectivity index (χ0v) is 13.1. The highest BCUT2D eigenvalue weighted by Crippen LogP contribution is 2.18. The van der Waals surface area contributed by atoms with Crippen molar-refractivity contribution < 1.29 is 4.79 Å². The van der Waals surface area contributed by atoms with Gasteiger partial charge in [0.1, 0.15) is 0 Å². The highest BCUT2D eigenvalue weighted by molar-refractivity contribution is 5.78. The number of rotatable bonds is 5. The first kappa shape index (κ1) is 16.0. The molecule has 4 N–H and O–H groups in total. The van der Waals surface area contributed by atoms with Crippen LogP contribution in [0, 0.1) is 5.92 Å². The van der Waals surface area contributed by atoms with E-state index < -0.39 is 0 Å². The van der Waals surface area contributed by atoms with E-state index in [4.69, 9.17) is 5.73 Å². The molecule has 0 radical (unpaired) electrons. The maximum atomic E-state index is 12.1. The van der Waals surface area contributed by atoms with E-state index in [1.54, 1.807) is 0 Å². The van der Waals surface area contributed by atoms with E-state index in [0.717, 1.165) is 31.5 Å². The molecule has 0 bridgehead atoms. The minimum Gasteiger partial charge on any atom is -0.354 e. The van der Waals surface area contributed by atoms with E-state index in [9.17, 15) is 4.79 Å². The number of piperidine rings is 1. The molecule has 116 valence electrons. The van der Waals surface area contributed by atoms with Crippen LogP contribution in [0.5, 0.6) is 0 Å². The van der Waals surface area contributed by atoms with Crippen molar-refractivity contribution in [3.8, 4) is 0 Å². The molecule has 4 heteroatoms. The second-order valence-corrected chi connectivity index (χ2v) is 6.20. The van der Waals surface area contributed by atoms with Crippen LogP contribution >= 0.6 is 0 Å². The molecule has 1 aromatic carbocycles. The Balaban J connectivity index is 1.83. The molecule has 1 aliphatic heterocycles. The number of carbonyl (C=O) groups is 1. The van der Waals surface area contributed by atoms with Gasteiger partial charge in [0.2, 0.25) is 5.91 Å². The molecular weight excluding hydrogens is 262 g/mol. The predicted octanol–water partition coefficient (Wildman–Crippen LogP) is 1.93. The van der Waals surface area contributed by atoms with Gasteiger partial charge >= 0.3 is 0 Å². The van der Waals surface area contributed by atoms with Gasteiger partial charge in [-0.1, -0.05) is 38.1 Å². The summed E-state index contributed by atoms with van der Waals surface area (Å²) >= 11 is 0. The molecule has 1 fully saturated rings. The molecule has 21 heavy (non-hydrogen) atoms. The van der Waals surface area contributed by atoms with Crippen LogP contribution in [0.1, 0.15) is 49.8 Å². The van der Waals surface area contributed by atoms with Gasteiger partial charge in [-0.15, -0.1) is 0 Å². The van der Waals surface area contributed by atoms with Crippen LogP contribution in [0.2, 0.25) is 0 Å². The minimum atomic E-state index is -0.142. The van der Waals surface area contributed by atoms with Crippen LogP contribution in [0.3, 0.4) is 0 Å². The van der Waals surface area contributed by atoms with Gasteiger partial charge in [0.25, 0.3) is 0 Å². The van der Waals surface area contributed by atoms with E-state index in [1.165, 1.54) is 5.56 Å². The summed E-state index contributed by atoms with van der Waals surface area (Å²) < 4.78 is 0. The predicted molar refractivity (Wildman–Crippen MR) is 86.1 cm³/mol. The van der Waals surface area contributed by atoms with Gasteiger partial charge in [-0.2, -0.15) is 0 Å². The van der Waals surface area contributed by atoms with E-state index in [2.05, 4.69) is 48.7 Å². The molecule has 1 heterocycles. The maximum Gasteiger partial charge on any atom is 0.223 e.